The molecule has 2 atom stereocenters. The van der Waals surface area contributed by atoms with E-state index in [2.05, 4.69) is 0 Å². The molecular formula is C31H42N4O9. The van der Waals surface area contributed by atoms with Gasteiger partial charge in [0.1, 0.15) is 16.9 Å². The van der Waals surface area contributed by atoms with Crippen LogP contribution >= 0.6 is 0 Å². The molecule has 1 aromatic carbocycles. The lowest BCUT2D eigenvalue weighted by molar-refractivity contribution is -0.155. The van der Waals surface area contributed by atoms with Gasteiger partial charge in [0.15, 0.2) is 6.10 Å². The molecule has 2 aromatic rings. The predicted octanol–water partition coefficient (Wildman–Crippen LogP) is 3.17. The lowest BCUT2D eigenvalue weighted by Gasteiger charge is -2.36. The van der Waals surface area contributed by atoms with Gasteiger partial charge in [0, 0.05) is 38.0 Å². The molecule has 0 spiro atoms. The number of para-hydroxylation sites is 1. The molecule has 3 amide bonds. The number of ether oxygens (including phenoxy) is 4. The van der Waals surface area contributed by atoms with Gasteiger partial charge in [0.05, 0.1) is 30.3 Å². The molecule has 0 aliphatic carbocycles. The second-order valence-electron chi connectivity index (χ2n) is 11.3. The number of nitrogens with zero attached hydrogens (tertiary/aromatic N) is 3. The highest BCUT2D eigenvalue weighted by Crippen LogP contribution is 2.37. The van der Waals surface area contributed by atoms with Crippen LogP contribution in [0.2, 0.25) is 0 Å². The Balaban J connectivity index is 2.10. The number of rotatable bonds is 11. The zero-order valence-corrected chi connectivity index (χ0v) is 26.2. The van der Waals surface area contributed by atoms with Crippen LogP contribution in [0.25, 0.3) is 10.9 Å². The fourth-order valence-corrected chi connectivity index (χ4v) is 4.87. The first kappa shape index (κ1) is 34.1. The Hall–Kier alpha value is -4.42. The molecule has 13 heteroatoms. The minimum absolute atomic E-state index is 0.0131. The maximum Gasteiger partial charge on any atom is 0.409 e. The molecule has 2 heterocycles. The highest BCUT2D eigenvalue weighted by molar-refractivity contribution is 6.04. The van der Waals surface area contributed by atoms with Crippen LogP contribution in [-0.4, -0.2) is 95.7 Å². The van der Waals surface area contributed by atoms with Gasteiger partial charge in [-0.2, -0.15) is 0 Å². The largest absolute Gasteiger partial charge is 0.477 e. The van der Waals surface area contributed by atoms with Gasteiger partial charge < -0.3 is 34.5 Å². The fraction of sp³-hybridized carbons (Fsp3) is 0.548. The van der Waals surface area contributed by atoms with Crippen molar-refractivity contribution >= 4 is 40.7 Å². The fourth-order valence-electron chi connectivity index (χ4n) is 4.87. The summed E-state index contributed by atoms with van der Waals surface area (Å²) in [7, 11) is 0. The summed E-state index contributed by atoms with van der Waals surface area (Å²) in [4.78, 5) is 72.5. The number of benzene rings is 1. The van der Waals surface area contributed by atoms with E-state index in [1.54, 1.807) is 63.8 Å². The summed E-state index contributed by atoms with van der Waals surface area (Å²) in [5.74, 6) is -3.64. The summed E-state index contributed by atoms with van der Waals surface area (Å²) in [5, 5.41) is 0.405. The molecule has 2 unspecified atom stereocenters. The SMILES string of the molecule is CCOC(=O)C(C)Oc1c(C(N)=O)c(C(CCC(=O)OC(C)(C)C)C(=O)N2CCN(C(=O)OCC)CC2)nc2ccccc12. The summed E-state index contributed by atoms with van der Waals surface area (Å²) in [6.07, 6.45) is -1.78. The zero-order chi connectivity index (χ0) is 32.6. The summed E-state index contributed by atoms with van der Waals surface area (Å²) in [5.41, 5.74) is 5.39. The van der Waals surface area contributed by atoms with Crippen molar-refractivity contribution in [3.8, 4) is 5.75 Å². The molecule has 1 aliphatic rings. The van der Waals surface area contributed by atoms with Crippen LogP contribution in [0.5, 0.6) is 5.75 Å². The molecule has 1 saturated heterocycles. The van der Waals surface area contributed by atoms with E-state index in [-0.39, 0.29) is 69.2 Å². The molecular weight excluding hydrogens is 572 g/mol. The lowest BCUT2D eigenvalue weighted by Crippen LogP contribution is -2.52. The zero-order valence-electron chi connectivity index (χ0n) is 26.2. The minimum atomic E-state index is -1.11. The topological polar surface area (TPSA) is 168 Å². The van der Waals surface area contributed by atoms with Gasteiger partial charge >= 0.3 is 18.0 Å². The van der Waals surface area contributed by atoms with Gasteiger partial charge in [-0.05, 0) is 60.1 Å². The van der Waals surface area contributed by atoms with E-state index in [1.807, 2.05) is 0 Å². The summed E-state index contributed by atoms with van der Waals surface area (Å²) in [6, 6.07) is 6.79. The number of aromatic nitrogens is 1. The van der Waals surface area contributed by atoms with E-state index < -0.39 is 47.5 Å². The van der Waals surface area contributed by atoms with Crippen LogP contribution in [0.1, 0.15) is 76.4 Å². The van der Waals surface area contributed by atoms with E-state index in [0.717, 1.165) is 0 Å². The number of fused-ring (bicyclic) bond motifs is 1. The third-order valence-corrected chi connectivity index (χ3v) is 6.84. The first-order valence-electron chi connectivity index (χ1n) is 14.7. The number of amides is 3. The summed E-state index contributed by atoms with van der Waals surface area (Å²) in [6.45, 7) is 11.3. The van der Waals surface area contributed by atoms with E-state index in [9.17, 15) is 24.0 Å². The van der Waals surface area contributed by atoms with Gasteiger partial charge in [-0.3, -0.25) is 19.4 Å². The van der Waals surface area contributed by atoms with Crippen molar-refractivity contribution in [1.82, 2.24) is 14.8 Å². The molecule has 13 nitrogen and oxygen atoms in total. The van der Waals surface area contributed by atoms with E-state index >= 15 is 0 Å². The van der Waals surface area contributed by atoms with Gasteiger partial charge in [-0.25, -0.2) is 9.59 Å². The van der Waals surface area contributed by atoms with Crippen LogP contribution in [0.4, 0.5) is 4.79 Å². The van der Waals surface area contributed by atoms with Crippen LogP contribution in [-0.2, 0) is 28.6 Å². The number of nitrogens with two attached hydrogens (primary N) is 1. The van der Waals surface area contributed by atoms with E-state index in [1.165, 1.54) is 11.8 Å². The molecule has 240 valence electrons. The smallest absolute Gasteiger partial charge is 0.409 e. The molecule has 1 fully saturated rings. The monoisotopic (exact) mass is 614 g/mol. The van der Waals surface area contributed by atoms with Crippen LogP contribution in [0.15, 0.2) is 24.3 Å². The summed E-state index contributed by atoms with van der Waals surface area (Å²) >= 11 is 0. The minimum Gasteiger partial charge on any atom is -0.477 e. The maximum absolute atomic E-state index is 14.2. The summed E-state index contributed by atoms with van der Waals surface area (Å²) < 4.78 is 21.7. The number of piperazine rings is 1. The third kappa shape index (κ3) is 8.57. The molecule has 0 saturated carbocycles. The highest BCUT2D eigenvalue weighted by Gasteiger charge is 2.36. The Bertz CT molecular complexity index is 1380. The van der Waals surface area contributed by atoms with Gasteiger partial charge in [-0.15, -0.1) is 0 Å². The average molecular weight is 615 g/mol. The maximum atomic E-state index is 14.2. The number of hydrogen-bond acceptors (Lipinski definition) is 10. The molecule has 3 rings (SSSR count). The van der Waals surface area contributed by atoms with Crippen molar-refractivity contribution in [3.63, 3.8) is 0 Å². The Morgan fingerprint density at radius 2 is 1.57 bits per heavy atom. The third-order valence-electron chi connectivity index (χ3n) is 6.84. The van der Waals surface area contributed by atoms with E-state index in [4.69, 9.17) is 29.7 Å². The van der Waals surface area contributed by atoms with Crippen molar-refractivity contribution in [1.29, 1.82) is 0 Å². The molecule has 1 aromatic heterocycles. The predicted molar refractivity (Wildman–Crippen MR) is 160 cm³/mol. The van der Waals surface area contributed by atoms with Gasteiger partial charge in [-0.1, -0.05) is 12.1 Å². The average Bonchev–Trinajstić information content (AvgIpc) is 2.96. The Morgan fingerprint density at radius 3 is 2.16 bits per heavy atom. The first-order chi connectivity index (χ1) is 20.8. The van der Waals surface area contributed by atoms with Crippen molar-refractivity contribution < 1.29 is 42.9 Å². The molecule has 1 aliphatic heterocycles. The van der Waals surface area contributed by atoms with Crippen molar-refractivity contribution in [2.75, 3.05) is 39.4 Å². The molecule has 0 radical (unpaired) electrons. The molecule has 2 N–H and O–H groups in total. The standard InChI is InChI=1S/C31H42N4O9/c1-7-41-29(39)19(3)43-26-20-11-9-10-12-22(20)33-25(24(26)27(32)37)21(13-14-23(36)44-31(4,5)6)28(38)34-15-17-35(18-16-34)30(40)42-8-2/h9-12,19,21H,7-8,13-18H2,1-6H3,(H2,32,37). The quantitative estimate of drug-likeness (QED) is 0.293. The number of pyridine rings is 1. The first-order valence-corrected chi connectivity index (χ1v) is 14.7. The lowest BCUT2D eigenvalue weighted by atomic mass is 9.91. The van der Waals surface area contributed by atoms with Gasteiger partial charge in [0.2, 0.25) is 5.91 Å². The number of esters is 2. The van der Waals surface area contributed by atoms with Crippen molar-refractivity contribution in [3.05, 3.63) is 35.5 Å². The number of primary amides is 1. The Labute approximate surface area is 256 Å². The van der Waals surface area contributed by atoms with Crippen molar-refractivity contribution in [2.24, 2.45) is 5.73 Å². The normalized spacial score (nSPS) is 14.9. The molecule has 44 heavy (non-hydrogen) atoms. The second kappa shape index (κ2) is 14.8. The van der Waals surface area contributed by atoms with Crippen LogP contribution < -0.4 is 10.5 Å². The Kier molecular flexibility index (Phi) is 11.5. The van der Waals surface area contributed by atoms with E-state index in [0.29, 0.717) is 10.9 Å². The Morgan fingerprint density at radius 1 is 0.955 bits per heavy atom. The highest BCUT2D eigenvalue weighted by atomic mass is 16.6. The second-order valence-corrected chi connectivity index (χ2v) is 11.3. The van der Waals surface area contributed by atoms with Crippen molar-refractivity contribution in [2.45, 2.75) is 72.0 Å². The number of hydrogen-bond donors (Lipinski definition) is 1. The number of carbonyl (C=O) groups is 5. The van der Waals surface area contributed by atoms with Crippen LogP contribution in [0, 0.1) is 0 Å². The number of carbonyl (C=O) groups excluding carboxylic acids is 5. The van der Waals surface area contributed by atoms with Crippen LogP contribution in [0.3, 0.4) is 0 Å². The molecule has 0 bridgehead atoms. The van der Waals surface area contributed by atoms with Gasteiger partial charge in [0.25, 0.3) is 5.91 Å².